The molecule has 17 heavy (non-hydrogen) atoms. The number of aldehydes is 1. The Kier molecular flexibility index (Phi) is 3.14. The van der Waals surface area contributed by atoms with E-state index in [1.54, 1.807) is 26.5 Å². The third-order valence-corrected chi connectivity index (χ3v) is 2.52. The molecule has 0 amide bonds. The van der Waals surface area contributed by atoms with Crippen molar-refractivity contribution in [3.63, 3.8) is 0 Å². The zero-order valence-electron chi connectivity index (χ0n) is 9.71. The first kappa shape index (κ1) is 11.3. The third kappa shape index (κ3) is 2.15. The van der Waals surface area contributed by atoms with Crippen molar-refractivity contribution in [1.82, 2.24) is 4.57 Å². The molecule has 0 atom stereocenters. The summed E-state index contributed by atoms with van der Waals surface area (Å²) < 4.78 is 12.2. The molecule has 0 N–H and O–H groups in total. The largest absolute Gasteiger partial charge is 0.493 e. The summed E-state index contributed by atoms with van der Waals surface area (Å²) in [5.41, 5.74) is 1.55. The number of aromatic nitrogens is 1. The molecule has 88 valence electrons. The molecule has 0 fully saturated rings. The Balaban J connectivity index is 2.42. The molecule has 2 aromatic rings. The first-order valence-electron chi connectivity index (χ1n) is 5.14. The lowest BCUT2D eigenvalue weighted by Gasteiger charge is -2.10. The fraction of sp³-hybridized carbons (Fsp3) is 0.154. The fourth-order valence-electron chi connectivity index (χ4n) is 1.63. The predicted molar refractivity (Wildman–Crippen MR) is 64.3 cm³/mol. The Morgan fingerprint density at radius 2 is 1.88 bits per heavy atom. The van der Waals surface area contributed by atoms with Crippen molar-refractivity contribution >= 4 is 6.29 Å². The Morgan fingerprint density at radius 1 is 1.12 bits per heavy atom. The number of benzene rings is 1. The Morgan fingerprint density at radius 3 is 2.47 bits per heavy atom. The van der Waals surface area contributed by atoms with Gasteiger partial charge in [-0.1, -0.05) is 0 Å². The van der Waals surface area contributed by atoms with Gasteiger partial charge in [0, 0.05) is 29.7 Å². The summed E-state index contributed by atoms with van der Waals surface area (Å²) in [7, 11) is 3.19. The van der Waals surface area contributed by atoms with Crippen LogP contribution in [0.3, 0.4) is 0 Å². The second-order valence-electron chi connectivity index (χ2n) is 3.51. The SMILES string of the molecule is COc1ccc(-n2ccc(C=O)c2)cc1OC. The Hall–Kier alpha value is -2.23. The monoisotopic (exact) mass is 231 g/mol. The summed E-state index contributed by atoms with van der Waals surface area (Å²) in [6, 6.07) is 7.34. The summed E-state index contributed by atoms with van der Waals surface area (Å²) in [6.07, 6.45) is 4.40. The van der Waals surface area contributed by atoms with Crippen LogP contribution in [0.2, 0.25) is 0 Å². The minimum atomic E-state index is 0.639. The van der Waals surface area contributed by atoms with Gasteiger partial charge in [0.05, 0.1) is 14.2 Å². The van der Waals surface area contributed by atoms with Crippen molar-refractivity contribution in [2.75, 3.05) is 14.2 Å². The zero-order chi connectivity index (χ0) is 12.3. The number of methoxy groups -OCH3 is 2. The molecular formula is C13H13NO3. The van der Waals surface area contributed by atoms with Crippen molar-refractivity contribution in [2.45, 2.75) is 0 Å². The first-order chi connectivity index (χ1) is 8.28. The minimum Gasteiger partial charge on any atom is -0.493 e. The van der Waals surface area contributed by atoms with E-state index in [9.17, 15) is 4.79 Å². The molecule has 0 saturated carbocycles. The number of nitrogens with zero attached hydrogens (tertiary/aromatic N) is 1. The first-order valence-corrected chi connectivity index (χ1v) is 5.14. The predicted octanol–water partition coefficient (Wildman–Crippen LogP) is 2.31. The van der Waals surface area contributed by atoms with Gasteiger partial charge < -0.3 is 14.0 Å². The highest BCUT2D eigenvalue weighted by Crippen LogP contribution is 2.29. The highest BCUT2D eigenvalue weighted by Gasteiger charge is 2.05. The van der Waals surface area contributed by atoms with Crippen molar-refractivity contribution < 1.29 is 14.3 Å². The lowest BCUT2D eigenvalue weighted by atomic mass is 10.2. The number of ether oxygens (including phenoxy) is 2. The quantitative estimate of drug-likeness (QED) is 0.758. The van der Waals surface area contributed by atoms with Gasteiger partial charge in [0.15, 0.2) is 17.8 Å². The molecule has 0 aliphatic heterocycles. The molecule has 0 aliphatic carbocycles. The fourth-order valence-corrected chi connectivity index (χ4v) is 1.63. The van der Waals surface area contributed by atoms with E-state index in [0.717, 1.165) is 12.0 Å². The number of hydrogen-bond donors (Lipinski definition) is 0. The molecule has 0 saturated heterocycles. The van der Waals surface area contributed by atoms with Gasteiger partial charge >= 0.3 is 0 Å². The molecule has 2 rings (SSSR count). The summed E-state index contributed by atoms with van der Waals surface area (Å²) in [4.78, 5) is 10.6. The van der Waals surface area contributed by atoms with Crippen molar-refractivity contribution in [3.05, 3.63) is 42.2 Å². The molecule has 0 radical (unpaired) electrons. The highest BCUT2D eigenvalue weighted by atomic mass is 16.5. The van der Waals surface area contributed by atoms with Crippen LogP contribution in [-0.2, 0) is 0 Å². The summed E-state index contributed by atoms with van der Waals surface area (Å²) >= 11 is 0. The number of hydrogen-bond acceptors (Lipinski definition) is 3. The minimum absolute atomic E-state index is 0.639. The molecule has 0 bridgehead atoms. The number of carbonyl (C=O) groups is 1. The van der Waals surface area contributed by atoms with E-state index in [4.69, 9.17) is 9.47 Å². The van der Waals surface area contributed by atoms with Gasteiger partial charge in [-0.15, -0.1) is 0 Å². The summed E-state index contributed by atoms with van der Waals surface area (Å²) in [5, 5.41) is 0. The number of carbonyl (C=O) groups excluding carboxylic acids is 1. The molecule has 1 heterocycles. The molecule has 4 heteroatoms. The van der Waals surface area contributed by atoms with Gasteiger partial charge in [-0.3, -0.25) is 4.79 Å². The maximum absolute atomic E-state index is 10.6. The third-order valence-electron chi connectivity index (χ3n) is 2.52. The Bertz CT molecular complexity index is 531. The van der Waals surface area contributed by atoms with Crippen LogP contribution in [0.15, 0.2) is 36.7 Å². The van der Waals surface area contributed by atoms with Gasteiger partial charge in [0.1, 0.15) is 0 Å². The van der Waals surface area contributed by atoms with E-state index in [1.807, 2.05) is 29.0 Å². The molecule has 1 aromatic heterocycles. The maximum Gasteiger partial charge on any atom is 0.162 e. The zero-order valence-corrected chi connectivity index (χ0v) is 9.71. The smallest absolute Gasteiger partial charge is 0.162 e. The lowest BCUT2D eigenvalue weighted by molar-refractivity contribution is 0.112. The van der Waals surface area contributed by atoms with Gasteiger partial charge in [0.2, 0.25) is 0 Å². The molecule has 0 spiro atoms. The van der Waals surface area contributed by atoms with Crippen LogP contribution >= 0.6 is 0 Å². The molecule has 0 unspecified atom stereocenters. The van der Waals surface area contributed by atoms with E-state index < -0.39 is 0 Å². The average Bonchev–Trinajstić information content (AvgIpc) is 2.86. The van der Waals surface area contributed by atoms with Gasteiger partial charge in [-0.05, 0) is 18.2 Å². The van der Waals surface area contributed by atoms with Crippen molar-refractivity contribution in [2.24, 2.45) is 0 Å². The van der Waals surface area contributed by atoms with E-state index in [2.05, 4.69) is 0 Å². The van der Waals surface area contributed by atoms with Gasteiger partial charge in [0.25, 0.3) is 0 Å². The lowest BCUT2D eigenvalue weighted by Crippen LogP contribution is -1.94. The normalized spacial score (nSPS) is 10.0. The van der Waals surface area contributed by atoms with E-state index in [-0.39, 0.29) is 0 Å². The maximum atomic E-state index is 10.6. The van der Waals surface area contributed by atoms with Crippen LogP contribution in [0.25, 0.3) is 5.69 Å². The van der Waals surface area contributed by atoms with Crippen LogP contribution in [0, 0.1) is 0 Å². The van der Waals surface area contributed by atoms with E-state index >= 15 is 0 Å². The second kappa shape index (κ2) is 4.74. The van der Waals surface area contributed by atoms with E-state index in [1.165, 1.54) is 0 Å². The standard InChI is InChI=1S/C13H13NO3/c1-16-12-4-3-11(7-13(12)17-2)14-6-5-10(8-14)9-15/h3-9H,1-2H3. The molecule has 1 aromatic carbocycles. The van der Waals surface area contributed by atoms with Crippen LogP contribution in [0.5, 0.6) is 11.5 Å². The highest BCUT2D eigenvalue weighted by molar-refractivity contribution is 5.74. The van der Waals surface area contributed by atoms with Crippen molar-refractivity contribution in [1.29, 1.82) is 0 Å². The second-order valence-corrected chi connectivity index (χ2v) is 3.51. The van der Waals surface area contributed by atoms with Crippen LogP contribution < -0.4 is 9.47 Å². The van der Waals surface area contributed by atoms with Crippen molar-refractivity contribution in [3.8, 4) is 17.2 Å². The Labute approximate surface area is 99.4 Å². The average molecular weight is 231 g/mol. The molecule has 0 aliphatic rings. The topological polar surface area (TPSA) is 40.5 Å². The molecule has 4 nitrogen and oxygen atoms in total. The van der Waals surface area contributed by atoms with Crippen LogP contribution in [0.1, 0.15) is 10.4 Å². The van der Waals surface area contributed by atoms with Crippen LogP contribution in [-0.4, -0.2) is 25.1 Å². The van der Waals surface area contributed by atoms with Gasteiger partial charge in [-0.2, -0.15) is 0 Å². The molecular weight excluding hydrogens is 218 g/mol. The summed E-state index contributed by atoms with van der Waals surface area (Å²) in [6.45, 7) is 0. The van der Waals surface area contributed by atoms with Crippen LogP contribution in [0.4, 0.5) is 0 Å². The van der Waals surface area contributed by atoms with E-state index in [0.29, 0.717) is 17.1 Å². The summed E-state index contributed by atoms with van der Waals surface area (Å²) in [5.74, 6) is 1.34. The number of rotatable bonds is 4. The van der Waals surface area contributed by atoms with Gasteiger partial charge in [-0.25, -0.2) is 0 Å².